The van der Waals surface area contributed by atoms with Gasteiger partial charge in [-0.25, -0.2) is 0 Å². The molecule has 0 radical (unpaired) electrons. The summed E-state index contributed by atoms with van der Waals surface area (Å²) >= 11 is 6.04. The van der Waals surface area contributed by atoms with Crippen molar-refractivity contribution in [3.8, 4) is 11.5 Å². The van der Waals surface area contributed by atoms with Crippen LogP contribution in [0.25, 0.3) is 0 Å². The lowest BCUT2D eigenvalue weighted by Gasteiger charge is -2.12. The first kappa shape index (κ1) is 12.2. The van der Waals surface area contributed by atoms with Gasteiger partial charge in [0.1, 0.15) is 0 Å². The van der Waals surface area contributed by atoms with Gasteiger partial charge in [0.15, 0.2) is 11.5 Å². The molecule has 1 rings (SSSR count). The molecule has 0 atom stereocenters. The van der Waals surface area contributed by atoms with Crippen LogP contribution in [0.5, 0.6) is 11.5 Å². The van der Waals surface area contributed by atoms with E-state index in [9.17, 15) is 0 Å². The highest BCUT2D eigenvalue weighted by Crippen LogP contribution is 2.34. The molecule has 0 fully saturated rings. The second-order valence-corrected chi connectivity index (χ2v) is 3.67. The van der Waals surface area contributed by atoms with Crippen molar-refractivity contribution < 1.29 is 9.47 Å². The van der Waals surface area contributed by atoms with Gasteiger partial charge in [0.05, 0.1) is 18.2 Å². The van der Waals surface area contributed by atoms with Gasteiger partial charge in [0.2, 0.25) is 0 Å². The maximum atomic E-state index is 6.04. The third-order valence-electron chi connectivity index (χ3n) is 1.84. The number of para-hydroxylation sites is 1. The Morgan fingerprint density at radius 2 is 1.73 bits per heavy atom. The van der Waals surface area contributed by atoms with E-state index >= 15 is 0 Å². The molecule has 0 N–H and O–H groups in total. The van der Waals surface area contributed by atoms with E-state index in [1.165, 1.54) is 0 Å². The van der Waals surface area contributed by atoms with Crippen LogP contribution in [0.3, 0.4) is 0 Å². The highest BCUT2D eigenvalue weighted by atomic mass is 35.5. The molecule has 0 unspecified atom stereocenters. The van der Waals surface area contributed by atoms with Gasteiger partial charge in [-0.2, -0.15) is 0 Å². The summed E-state index contributed by atoms with van der Waals surface area (Å²) in [5.41, 5.74) is 0. The van der Waals surface area contributed by atoms with Crippen molar-refractivity contribution in [1.82, 2.24) is 0 Å². The van der Waals surface area contributed by atoms with Gasteiger partial charge in [-0.05, 0) is 25.0 Å². The average Bonchev–Trinajstić information content (AvgIpc) is 2.25. The molecule has 1 aromatic carbocycles. The third-order valence-corrected chi connectivity index (χ3v) is 2.14. The average molecular weight is 229 g/mol. The summed E-state index contributed by atoms with van der Waals surface area (Å²) in [4.78, 5) is 0. The Bertz CT molecular complexity index is 300. The van der Waals surface area contributed by atoms with Crippen molar-refractivity contribution in [1.29, 1.82) is 0 Å². The molecule has 0 aromatic heterocycles. The van der Waals surface area contributed by atoms with E-state index in [2.05, 4.69) is 13.8 Å². The first-order chi connectivity index (χ1) is 7.29. The van der Waals surface area contributed by atoms with Crippen LogP contribution in [0, 0.1) is 0 Å². The SMILES string of the molecule is CCCOc1cccc(Cl)c1OCCC. The summed E-state index contributed by atoms with van der Waals surface area (Å²) in [6.45, 7) is 5.47. The van der Waals surface area contributed by atoms with Crippen LogP contribution in [-0.2, 0) is 0 Å². The zero-order valence-corrected chi connectivity index (χ0v) is 10.0. The molecule has 0 bridgehead atoms. The minimum Gasteiger partial charge on any atom is -0.490 e. The number of hydrogen-bond donors (Lipinski definition) is 0. The lowest BCUT2D eigenvalue weighted by atomic mass is 10.3. The normalized spacial score (nSPS) is 10.1. The fraction of sp³-hybridized carbons (Fsp3) is 0.500. The fourth-order valence-corrected chi connectivity index (χ4v) is 1.38. The van der Waals surface area contributed by atoms with Crippen molar-refractivity contribution in [3.05, 3.63) is 23.2 Å². The second-order valence-electron chi connectivity index (χ2n) is 3.26. The molecule has 84 valence electrons. The summed E-state index contributed by atoms with van der Waals surface area (Å²) in [5, 5.41) is 0.608. The highest BCUT2D eigenvalue weighted by molar-refractivity contribution is 6.32. The summed E-state index contributed by atoms with van der Waals surface area (Å²) < 4.78 is 11.1. The molecule has 0 heterocycles. The van der Waals surface area contributed by atoms with Crippen molar-refractivity contribution in [2.75, 3.05) is 13.2 Å². The first-order valence-corrected chi connectivity index (χ1v) is 5.71. The largest absolute Gasteiger partial charge is 0.490 e. The predicted molar refractivity (Wildman–Crippen MR) is 63.0 cm³/mol. The van der Waals surface area contributed by atoms with Crippen LogP contribution in [-0.4, -0.2) is 13.2 Å². The van der Waals surface area contributed by atoms with E-state index in [1.807, 2.05) is 18.2 Å². The molecule has 0 aliphatic heterocycles. The van der Waals surface area contributed by atoms with Gasteiger partial charge in [-0.3, -0.25) is 0 Å². The zero-order chi connectivity index (χ0) is 11.1. The lowest BCUT2D eigenvalue weighted by molar-refractivity contribution is 0.268. The number of ether oxygens (including phenoxy) is 2. The molecule has 0 spiro atoms. The van der Waals surface area contributed by atoms with E-state index in [0.717, 1.165) is 18.6 Å². The summed E-state index contributed by atoms with van der Waals surface area (Å²) in [6.07, 6.45) is 1.93. The molecule has 0 saturated carbocycles. The number of benzene rings is 1. The maximum Gasteiger partial charge on any atom is 0.179 e. The van der Waals surface area contributed by atoms with Gasteiger partial charge in [-0.1, -0.05) is 31.5 Å². The molecule has 1 aromatic rings. The van der Waals surface area contributed by atoms with Gasteiger partial charge in [0.25, 0.3) is 0 Å². The van der Waals surface area contributed by atoms with Crippen LogP contribution in [0.4, 0.5) is 0 Å². The van der Waals surface area contributed by atoms with Gasteiger partial charge < -0.3 is 9.47 Å². The Balaban J connectivity index is 2.77. The molecular formula is C12H17ClO2. The summed E-state index contributed by atoms with van der Waals surface area (Å²) in [5.74, 6) is 1.40. The molecule has 15 heavy (non-hydrogen) atoms. The number of hydrogen-bond acceptors (Lipinski definition) is 2. The molecule has 0 saturated heterocycles. The zero-order valence-electron chi connectivity index (χ0n) is 9.25. The van der Waals surface area contributed by atoms with Crippen molar-refractivity contribution >= 4 is 11.6 Å². The second kappa shape index (κ2) is 6.57. The Hall–Kier alpha value is -0.890. The molecule has 0 aliphatic rings. The topological polar surface area (TPSA) is 18.5 Å². The van der Waals surface area contributed by atoms with Crippen LogP contribution in [0.15, 0.2) is 18.2 Å². The van der Waals surface area contributed by atoms with Crippen molar-refractivity contribution in [2.24, 2.45) is 0 Å². The van der Waals surface area contributed by atoms with Crippen molar-refractivity contribution in [3.63, 3.8) is 0 Å². The van der Waals surface area contributed by atoms with Crippen LogP contribution in [0.1, 0.15) is 26.7 Å². The molecular weight excluding hydrogens is 212 g/mol. The summed E-state index contributed by atoms with van der Waals surface area (Å²) in [7, 11) is 0. The lowest BCUT2D eigenvalue weighted by Crippen LogP contribution is -2.01. The monoisotopic (exact) mass is 228 g/mol. The maximum absolute atomic E-state index is 6.04. The van der Waals surface area contributed by atoms with Gasteiger partial charge >= 0.3 is 0 Å². The Kier molecular flexibility index (Phi) is 5.33. The van der Waals surface area contributed by atoms with Crippen LogP contribution < -0.4 is 9.47 Å². The minimum absolute atomic E-state index is 0.608. The van der Waals surface area contributed by atoms with Gasteiger partial charge in [0, 0.05) is 0 Å². The Labute approximate surface area is 96.2 Å². The van der Waals surface area contributed by atoms with E-state index in [0.29, 0.717) is 24.0 Å². The van der Waals surface area contributed by atoms with E-state index < -0.39 is 0 Å². The number of halogens is 1. The molecule has 2 nitrogen and oxygen atoms in total. The van der Waals surface area contributed by atoms with E-state index in [1.54, 1.807) is 0 Å². The van der Waals surface area contributed by atoms with Crippen LogP contribution in [0.2, 0.25) is 5.02 Å². The standard InChI is InChI=1S/C12H17ClO2/c1-3-8-14-11-7-5-6-10(13)12(11)15-9-4-2/h5-7H,3-4,8-9H2,1-2H3. The number of rotatable bonds is 6. The molecule has 3 heteroatoms. The molecule has 0 amide bonds. The molecule has 0 aliphatic carbocycles. The highest BCUT2D eigenvalue weighted by Gasteiger charge is 2.08. The summed E-state index contributed by atoms with van der Waals surface area (Å²) in [6, 6.07) is 5.56. The third kappa shape index (κ3) is 3.63. The van der Waals surface area contributed by atoms with Gasteiger partial charge in [-0.15, -0.1) is 0 Å². The van der Waals surface area contributed by atoms with E-state index in [4.69, 9.17) is 21.1 Å². The minimum atomic E-state index is 0.608. The van der Waals surface area contributed by atoms with Crippen LogP contribution >= 0.6 is 11.6 Å². The first-order valence-electron chi connectivity index (χ1n) is 5.33. The fourth-order valence-electron chi connectivity index (χ4n) is 1.16. The smallest absolute Gasteiger partial charge is 0.179 e. The Morgan fingerprint density at radius 3 is 2.40 bits per heavy atom. The van der Waals surface area contributed by atoms with Crippen molar-refractivity contribution in [2.45, 2.75) is 26.7 Å². The predicted octanol–water partition coefficient (Wildman–Crippen LogP) is 3.92. The Morgan fingerprint density at radius 1 is 1.07 bits per heavy atom. The van der Waals surface area contributed by atoms with E-state index in [-0.39, 0.29) is 0 Å². The quantitative estimate of drug-likeness (QED) is 0.735.